The minimum atomic E-state index is -0.542. The summed E-state index contributed by atoms with van der Waals surface area (Å²) in [7, 11) is 4.72. The van der Waals surface area contributed by atoms with Gasteiger partial charge in [-0.15, -0.1) is 0 Å². The van der Waals surface area contributed by atoms with E-state index in [2.05, 4.69) is 0 Å². The molecule has 2 aromatic carbocycles. The summed E-state index contributed by atoms with van der Waals surface area (Å²) in [5.41, 5.74) is 1.47. The molecule has 2 aliphatic rings. The quantitative estimate of drug-likeness (QED) is 0.482. The van der Waals surface area contributed by atoms with E-state index in [0.29, 0.717) is 61.9 Å². The van der Waals surface area contributed by atoms with Crippen LogP contribution >= 0.6 is 0 Å². The van der Waals surface area contributed by atoms with Gasteiger partial charge in [-0.1, -0.05) is 6.07 Å². The lowest BCUT2D eigenvalue weighted by molar-refractivity contribution is -0.152. The molecule has 2 saturated heterocycles. The number of esters is 1. The van der Waals surface area contributed by atoms with E-state index < -0.39 is 12.0 Å². The fourth-order valence-corrected chi connectivity index (χ4v) is 5.45. The average molecular weight is 525 g/mol. The second-order valence-corrected chi connectivity index (χ2v) is 9.52. The van der Waals surface area contributed by atoms with Crippen LogP contribution < -0.4 is 19.1 Å². The molecule has 2 aromatic rings. The molecule has 9 nitrogen and oxygen atoms in total. The van der Waals surface area contributed by atoms with Crippen LogP contribution in [0.1, 0.15) is 44.2 Å². The molecule has 204 valence electrons. The molecule has 0 saturated carbocycles. The molecule has 0 bridgehead atoms. The van der Waals surface area contributed by atoms with Gasteiger partial charge >= 0.3 is 5.97 Å². The maximum absolute atomic E-state index is 14.0. The third kappa shape index (κ3) is 5.56. The van der Waals surface area contributed by atoms with Crippen molar-refractivity contribution < 1.29 is 33.3 Å². The third-order valence-electron chi connectivity index (χ3n) is 7.44. The number of piperidine rings is 2. The maximum atomic E-state index is 14.0. The van der Waals surface area contributed by atoms with Crippen molar-refractivity contribution >= 4 is 23.5 Å². The highest BCUT2D eigenvalue weighted by Crippen LogP contribution is 2.43. The topological polar surface area (TPSA) is 94.6 Å². The minimum Gasteiger partial charge on any atom is -0.497 e. The summed E-state index contributed by atoms with van der Waals surface area (Å²) in [5, 5.41) is 0. The number of carbonyl (C=O) groups is 3. The Morgan fingerprint density at radius 1 is 0.895 bits per heavy atom. The van der Waals surface area contributed by atoms with Gasteiger partial charge < -0.3 is 28.7 Å². The second-order valence-electron chi connectivity index (χ2n) is 9.52. The van der Waals surface area contributed by atoms with E-state index in [1.165, 1.54) is 0 Å². The lowest BCUT2D eigenvalue weighted by Gasteiger charge is -2.43. The first-order valence-electron chi connectivity index (χ1n) is 13.0. The first-order valence-corrected chi connectivity index (χ1v) is 13.0. The van der Waals surface area contributed by atoms with Gasteiger partial charge in [0.1, 0.15) is 5.75 Å². The highest BCUT2D eigenvalue weighted by atomic mass is 16.5. The van der Waals surface area contributed by atoms with E-state index in [-0.39, 0.29) is 30.1 Å². The molecule has 2 atom stereocenters. The number of anilines is 1. The molecule has 0 radical (unpaired) electrons. The predicted octanol–water partition coefficient (Wildman–Crippen LogP) is 4.00. The average Bonchev–Trinajstić information content (AvgIpc) is 2.96. The summed E-state index contributed by atoms with van der Waals surface area (Å²) in [4.78, 5) is 43.2. The lowest BCUT2D eigenvalue weighted by Crippen LogP contribution is -2.51. The van der Waals surface area contributed by atoms with Gasteiger partial charge in [0.05, 0.1) is 45.8 Å². The minimum absolute atomic E-state index is 0.0156. The monoisotopic (exact) mass is 524 g/mol. The van der Waals surface area contributed by atoms with E-state index in [4.69, 9.17) is 18.9 Å². The van der Waals surface area contributed by atoms with Gasteiger partial charge in [0, 0.05) is 25.2 Å². The maximum Gasteiger partial charge on any atom is 0.309 e. The number of hydrogen-bond donors (Lipinski definition) is 0. The van der Waals surface area contributed by atoms with Crippen LogP contribution in [0.15, 0.2) is 42.5 Å². The van der Waals surface area contributed by atoms with Crippen LogP contribution in [0.5, 0.6) is 17.2 Å². The van der Waals surface area contributed by atoms with Gasteiger partial charge in [0.25, 0.3) is 0 Å². The zero-order valence-electron chi connectivity index (χ0n) is 22.5. The number of rotatable bonds is 8. The van der Waals surface area contributed by atoms with Crippen molar-refractivity contribution in [1.29, 1.82) is 0 Å². The highest BCUT2D eigenvalue weighted by Gasteiger charge is 2.44. The molecule has 2 heterocycles. The van der Waals surface area contributed by atoms with E-state index in [1.807, 2.05) is 29.2 Å². The van der Waals surface area contributed by atoms with Crippen LogP contribution in [-0.4, -0.2) is 63.7 Å². The van der Waals surface area contributed by atoms with Crippen molar-refractivity contribution in [3.05, 3.63) is 48.0 Å². The van der Waals surface area contributed by atoms with E-state index in [0.717, 1.165) is 5.56 Å². The Bertz CT molecular complexity index is 1140. The normalized spacial score (nSPS) is 20.2. The Balaban J connectivity index is 1.68. The predicted molar refractivity (Wildman–Crippen MR) is 141 cm³/mol. The van der Waals surface area contributed by atoms with Crippen LogP contribution in [0.3, 0.4) is 0 Å². The summed E-state index contributed by atoms with van der Waals surface area (Å²) in [6.07, 6.45) is 1.82. The van der Waals surface area contributed by atoms with Crippen molar-refractivity contribution in [3.8, 4) is 17.2 Å². The number of likely N-dealkylation sites (tertiary alicyclic amines) is 1. The zero-order chi connectivity index (χ0) is 27.2. The van der Waals surface area contributed by atoms with Crippen molar-refractivity contribution in [1.82, 2.24) is 4.90 Å². The zero-order valence-corrected chi connectivity index (χ0v) is 22.5. The summed E-state index contributed by atoms with van der Waals surface area (Å²) in [6, 6.07) is 12.3. The number of hydrogen-bond acceptors (Lipinski definition) is 7. The Morgan fingerprint density at radius 3 is 2.18 bits per heavy atom. The smallest absolute Gasteiger partial charge is 0.309 e. The molecule has 0 unspecified atom stereocenters. The molecule has 0 aromatic heterocycles. The molecule has 0 aliphatic carbocycles. The molecule has 4 rings (SSSR count). The standard InChI is InChI=1S/C29H36N2O7/c1-5-38-29(34)19-14-16-30(17-15-19)28(33)23-11-13-26(32)31(21-7-9-22(35-2)10-8-21)27(23)20-6-12-24(36-3)25(18-20)37-4/h6-10,12,18-19,23,27H,5,11,13-17H2,1-4H3/t23-,27-/m0/s1. The van der Waals surface area contributed by atoms with Gasteiger partial charge in [-0.3, -0.25) is 14.4 Å². The van der Waals surface area contributed by atoms with Gasteiger partial charge in [0.2, 0.25) is 11.8 Å². The lowest BCUT2D eigenvalue weighted by atomic mass is 9.82. The summed E-state index contributed by atoms with van der Waals surface area (Å²) < 4.78 is 21.5. The second kappa shape index (κ2) is 12.2. The Labute approximate surface area is 223 Å². The molecular weight excluding hydrogens is 488 g/mol. The van der Waals surface area contributed by atoms with Crippen molar-refractivity contribution in [2.24, 2.45) is 11.8 Å². The van der Waals surface area contributed by atoms with Gasteiger partial charge in [-0.25, -0.2) is 0 Å². The van der Waals surface area contributed by atoms with Crippen molar-refractivity contribution in [3.63, 3.8) is 0 Å². The van der Waals surface area contributed by atoms with Gasteiger partial charge in [-0.05, 0) is 68.1 Å². The van der Waals surface area contributed by atoms with E-state index >= 15 is 0 Å². The molecule has 2 amide bonds. The van der Waals surface area contributed by atoms with Crippen LogP contribution in [0.2, 0.25) is 0 Å². The Kier molecular flexibility index (Phi) is 8.76. The van der Waals surface area contributed by atoms with Crippen LogP contribution in [-0.2, 0) is 19.1 Å². The molecule has 9 heteroatoms. The number of ether oxygens (including phenoxy) is 4. The number of carbonyl (C=O) groups excluding carboxylic acids is 3. The van der Waals surface area contributed by atoms with E-state index in [9.17, 15) is 14.4 Å². The molecule has 2 fully saturated rings. The van der Waals surface area contributed by atoms with Crippen LogP contribution in [0, 0.1) is 11.8 Å². The molecule has 2 aliphatic heterocycles. The number of benzene rings is 2. The number of nitrogens with zero attached hydrogens (tertiary/aromatic N) is 2. The van der Waals surface area contributed by atoms with E-state index in [1.54, 1.807) is 51.4 Å². The third-order valence-corrected chi connectivity index (χ3v) is 7.44. The van der Waals surface area contributed by atoms with Gasteiger partial charge in [0.15, 0.2) is 11.5 Å². The fraction of sp³-hybridized carbons (Fsp3) is 0.483. The molecular formula is C29H36N2O7. The number of methoxy groups -OCH3 is 3. The molecule has 38 heavy (non-hydrogen) atoms. The first-order chi connectivity index (χ1) is 18.4. The largest absolute Gasteiger partial charge is 0.497 e. The van der Waals surface area contributed by atoms with Crippen LogP contribution in [0.25, 0.3) is 0 Å². The Hall–Kier alpha value is -3.75. The fourth-order valence-electron chi connectivity index (χ4n) is 5.45. The summed E-state index contributed by atoms with van der Waals surface area (Å²) in [5.74, 6) is 0.849. The molecule has 0 N–H and O–H groups in total. The summed E-state index contributed by atoms with van der Waals surface area (Å²) in [6.45, 7) is 3.11. The number of amides is 2. The van der Waals surface area contributed by atoms with Crippen molar-refractivity contribution in [2.75, 3.05) is 45.9 Å². The van der Waals surface area contributed by atoms with Gasteiger partial charge in [-0.2, -0.15) is 0 Å². The van der Waals surface area contributed by atoms with Crippen LogP contribution in [0.4, 0.5) is 5.69 Å². The first kappa shape index (κ1) is 27.3. The SMILES string of the molecule is CCOC(=O)C1CCN(C(=O)[C@H]2CCC(=O)N(c3ccc(OC)cc3)[C@H]2c2ccc(OC)c(OC)c2)CC1. The molecule has 0 spiro atoms. The highest BCUT2D eigenvalue weighted by molar-refractivity contribution is 5.97. The Morgan fingerprint density at radius 2 is 1.58 bits per heavy atom. The summed E-state index contributed by atoms with van der Waals surface area (Å²) >= 11 is 0. The van der Waals surface area contributed by atoms with Crippen molar-refractivity contribution in [2.45, 2.75) is 38.6 Å².